The van der Waals surface area contributed by atoms with E-state index >= 15 is 0 Å². The molecule has 0 fully saturated rings. The summed E-state index contributed by atoms with van der Waals surface area (Å²) in [5.74, 6) is 1.31. The molecule has 0 spiro atoms. The minimum atomic E-state index is 0.582. The Hall–Kier alpha value is -1.20. The fourth-order valence-corrected chi connectivity index (χ4v) is 1.25. The summed E-state index contributed by atoms with van der Waals surface area (Å²) >= 11 is 5.53. The Bertz CT molecular complexity index is 319. The molecule has 0 aliphatic carbocycles. The molecule has 0 saturated carbocycles. The molecule has 0 aliphatic rings. The van der Waals surface area contributed by atoms with Gasteiger partial charge in [0.25, 0.3) is 0 Å². The van der Waals surface area contributed by atoms with Gasteiger partial charge in [0.1, 0.15) is 11.8 Å². The second-order valence-electron chi connectivity index (χ2n) is 2.85. The van der Waals surface area contributed by atoms with Gasteiger partial charge in [-0.15, -0.1) is 11.6 Å². The maximum absolute atomic E-state index is 8.77. The Kier molecular flexibility index (Phi) is 4.88. The Morgan fingerprint density at radius 1 is 1.29 bits per heavy atom. The molecule has 14 heavy (non-hydrogen) atoms. The summed E-state index contributed by atoms with van der Waals surface area (Å²) in [4.78, 5) is 0. The predicted molar refractivity (Wildman–Crippen MR) is 56.6 cm³/mol. The van der Waals surface area contributed by atoms with Crippen LogP contribution in [0, 0.1) is 11.3 Å². The van der Waals surface area contributed by atoms with Crippen LogP contribution in [-0.4, -0.2) is 12.5 Å². The van der Waals surface area contributed by atoms with Crippen LogP contribution in [0.2, 0.25) is 0 Å². The predicted octanol–water partition coefficient (Wildman–Crippen LogP) is 2.96. The van der Waals surface area contributed by atoms with Gasteiger partial charge in [-0.25, -0.2) is 0 Å². The Balaban J connectivity index is 2.46. The molecular formula is C11H12ClNO. The minimum absolute atomic E-state index is 0.582. The van der Waals surface area contributed by atoms with E-state index in [4.69, 9.17) is 21.6 Å². The van der Waals surface area contributed by atoms with Crippen LogP contribution in [0.15, 0.2) is 24.3 Å². The number of benzene rings is 1. The molecule has 0 amide bonds. The van der Waals surface area contributed by atoms with Crippen LogP contribution in [0.4, 0.5) is 0 Å². The van der Waals surface area contributed by atoms with Crippen LogP contribution in [0.1, 0.15) is 18.4 Å². The second-order valence-corrected chi connectivity index (χ2v) is 3.23. The van der Waals surface area contributed by atoms with Gasteiger partial charge in [-0.3, -0.25) is 0 Å². The van der Waals surface area contributed by atoms with Gasteiger partial charge in [-0.05, 0) is 25.0 Å². The van der Waals surface area contributed by atoms with E-state index < -0.39 is 0 Å². The quantitative estimate of drug-likeness (QED) is 0.552. The van der Waals surface area contributed by atoms with Gasteiger partial charge < -0.3 is 4.74 Å². The molecule has 0 bridgehead atoms. The van der Waals surface area contributed by atoms with E-state index in [1.807, 2.05) is 12.1 Å². The molecule has 0 aliphatic heterocycles. The molecule has 0 radical (unpaired) electrons. The first-order valence-corrected chi connectivity index (χ1v) is 5.10. The average molecular weight is 210 g/mol. The summed E-state index contributed by atoms with van der Waals surface area (Å²) in [6.07, 6.45) is 1.86. The lowest BCUT2D eigenvalue weighted by Crippen LogP contribution is -1.99. The third-order valence-corrected chi connectivity index (χ3v) is 2.06. The van der Waals surface area contributed by atoms with E-state index in [-0.39, 0.29) is 0 Å². The van der Waals surface area contributed by atoms with Gasteiger partial charge in [0.05, 0.1) is 12.2 Å². The van der Waals surface area contributed by atoms with Crippen molar-refractivity contribution in [2.24, 2.45) is 0 Å². The molecule has 3 heteroatoms. The molecule has 0 unspecified atom stereocenters. The van der Waals surface area contributed by atoms with E-state index in [1.54, 1.807) is 12.1 Å². The van der Waals surface area contributed by atoms with Crippen LogP contribution in [-0.2, 0) is 0 Å². The van der Waals surface area contributed by atoms with Crippen molar-refractivity contribution in [2.75, 3.05) is 12.5 Å². The van der Waals surface area contributed by atoms with E-state index in [9.17, 15) is 0 Å². The second kappa shape index (κ2) is 6.28. The first kappa shape index (κ1) is 10.9. The lowest BCUT2D eigenvalue weighted by Gasteiger charge is -2.06. The third-order valence-electron chi connectivity index (χ3n) is 1.79. The smallest absolute Gasteiger partial charge is 0.137 e. The molecule has 1 aromatic carbocycles. The lowest BCUT2D eigenvalue weighted by molar-refractivity contribution is 0.309. The van der Waals surface area contributed by atoms with Gasteiger partial charge in [-0.2, -0.15) is 5.26 Å². The summed E-state index contributed by atoms with van der Waals surface area (Å²) in [5.41, 5.74) is 0.582. The number of alkyl halides is 1. The fourth-order valence-electron chi connectivity index (χ4n) is 1.06. The fraction of sp³-hybridized carbons (Fsp3) is 0.364. The Morgan fingerprint density at radius 2 is 2.07 bits per heavy atom. The van der Waals surface area contributed by atoms with E-state index in [0.29, 0.717) is 23.8 Å². The zero-order valence-corrected chi connectivity index (χ0v) is 8.63. The van der Waals surface area contributed by atoms with Gasteiger partial charge in [0.2, 0.25) is 0 Å². The summed E-state index contributed by atoms with van der Waals surface area (Å²) in [6, 6.07) is 9.32. The number of nitriles is 1. The molecule has 1 aromatic rings. The molecule has 74 valence electrons. The van der Waals surface area contributed by atoms with Crippen molar-refractivity contribution in [3.05, 3.63) is 29.8 Å². The van der Waals surface area contributed by atoms with Crippen molar-refractivity contribution in [3.8, 4) is 11.8 Å². The zero-order chi connectivity index (χ0) is 10.2. The SMILES string of the molecule is N#Cc1ccccc1OCCCCCl. The zero-order valence-electron chi connectivity index (χ0n) is 7.87. The number of unbranched alkanes of at least 4 members (excludes halogenated alkanes) is 1. The lowest BCUT2D eigenvalue weighted by atomic mass is 10.2. The maximum Gasteiger partial charge on any atom is 0.137 e. The molecule has 0 saturated heterocycles. The molecule has 1 rings (SSSR count). The largest absolute Gasteiger partial charge is 0.492 e. The highest BCUT2D eigenvalue weighted by atomic mass is 35.5. The van der Waals surface area contributed by atoms with E-state index in [1.165, 1.54) is 0 Å². The van der Waals surface area contributed by atoms with Crippen LogP contribution in [0.25, 0.3) is 0 Å². The standard InChI is InChI=1S/C11H12ClNO/c12-7-3-4-8-14-11-6-2-1-5-10(11)9-13/h1-2,5-6H,3-4,7-8H2. The van der Waals surface area contributed by atoms with E-state index in [0.717, 1.165) is 12.8 Å². The molecule has 2 nitrogen and oxygen atoms in total. The highest BCUT2D eigenvalue weighted by Gasteiger charge is 2.00. The summed E-state index contributed by atoms with van der Waals surface area (Å²) in [5, 5.41) is 8.77. The molecule has 0 N–H and O–H groups in total. The molecule has 0 aromatic heterocycles. The van der Waals surface area contributed by atoms with Crippen molar-refractivity contribution in [2.45, 2.75) is 12.8 Å². The summed E-state index contributed by atoms with van der Waals surface area (Å²) in [6.45, 7) is 0.616. The van der Waals surface area contributed by atoms with Crippen molar-refractivity contribution in [1.29, 1.82) is 5.26 Å². The first-order valence-electron chi connectivity index (χ1n) is 4.56. The third kappa shape index (κ3) is 3.27. The van der Waals surface area contributed by atoms with Crippen LogP contribution >= 0.6 is 11.6 Å². The number of hydrogen-bond acceptors (Lipinski definition) is 2. The highest BCUT2D eigenvalue weighted by molar-refractivity contribution is 6.17. The molecule has 0 heterocycles. The van der Waals surface area contributed by atoms with Gasteiger partial charge in [0.15, 0.2) is 0 Å². The molecule has 0 atom stereocenters. The van der Waals surface area contributed by atoms with Crippen LogP contribution < -0.4 is 4.74 Å². The van der Waals surface area contributed by atoms with Crippen LogP contribution in [0.3, 0.4) is 0 Å². The number of para-hydroxylation sites is 1. The maximum atomic E-state index is 8.77. The first-order chi connectivity index (χ1) is 6.88. The molecular weight excluding hydrogens is 198 g/mol. The van der Waals surface area contributed by atoms with Crippen molar-refractivity contribution < 1.29 is 4.74 Å². The minimum Gasteiger partial charge on any atom is -0.492 e. The topological polar surface area (TPSA) is 33.0 Å². The number of halogens is 1. The monoisotopic (exact) mass is 209 g/mol. The normalized spacial score (nSPS) is 9.43. The van der Waals surface area contributed by atoms with Gasteiger partial charge >= 0.3 is 0 Å². The van der Waals surface area contributed by atoms with Crippen molar-refractivity contribution >= 4 is 11.6 Å². The average Bonchev–Trinajstić information content (AvgIpc) is 2.25. The Labute approximate surface area is 89.1 Å². The number of hydrogen-bond donors (Lipinski definition) is 0. The van der Waals surface area contributed by atoms with Gasteiger partial charge in [-0.1, -0.05) is 12.1 Å². The van der Waals surface area contributed by atoms with Crippen molar-refractivity contribution in [3.63, 3.8) is 0 Å². The summed E-state index contributed by atoms with van der Waals surface area (Å²) < 4.78 is 5.45. The highest BCUT2D eigenvalue weighted by Crippen LogP contribution is 2.16. The van der Waals surface area contributed by atoms with Crippen molar-refractivity contribution in [1.82, 2.24) is 0 Å². The number of nitrogens with zero attached hydrogens (tertiary/aromatic N) is 1. The van der Waals surface area contributed by atoms with Crippen LogP contribution in [0.5, 0.6) is 5.75 Å². The summed E-state index contributed by atoms with van der Waals surface area (Å²) in [7, 11) is 0. The number of ether oxygens (including phenoxy) is 1. The Morgan fingerprint density at radius 3 is 2.79 bits per heavy atom. The number of rotatable bonds is 5. The van der Waals surface area contributed by atoms with Gasteiger partial charge in [0, 0.05) is 5.88 Å². The van der Waals surface area contributed by atoms with E-state index in [2.05, 4.69) is 6.07 Å².